The first kappa shape index (κ1) is 10.3. The molecule has 17 heavy (non-hydrogen) atoms. The van der Waals surface area contributed by atoms with Crippen molar-refractivity contribution in [1.82, 2.24) is 4.98 Å². The number of allylic oxidation sites excluding steroid dienone is 8. The molecule has 0 unspecified atom stereocenters. The summed E-state index contributed by atoms with van der Waals surface area (Å²) in [7, 11) is 0. The molecule has 1 aromatic heterocycles. The highest BCUT2D eigenvalue weighted by Gasteiger charge is 2.20. The summed E-state index contributed by atoms with van der Waals surface area (Å²) in [5, 5.41) is 0. The van der Waals surface area contributed by atoms with Crippen LogP contribution in [-0.2, 0) is 0 Å². The van der Waals surface area contributed by atoms with Gasteiger partial charge in [0.05, 0.1) is 12.1 Å². The van der Waals surface area contributed by atoms with Crippen LogP contribution in [0, 0.1) is 6.08 Å². The van der Waals surface area contributed by atoms with Crippen LogP contribution >= 0.6 is 0 Å². The van der Waals surface area contributed by atoms with Gasteiger partial charge < -0.3 is 4.98 Å². The summed E-state index contributed by atoms with van der Waals surface area (Å²) >= 11 is 0. The van der Waals surface area contributed by atoms with Crippen LogP contribution in [0.2, 0.25) is 0 Å². The van der Waals surface area contributed by atoms with Crippen LogP contribution in [0.5, 0.6) is 0 Å². The minimum atomic E-state index is 1.02. The van der Waals surface area contributed by atoms with Gasteiger partial charge >= 0.3 is 0 Å². The van der Waals surface area contributed by atoms with Crippen LogP contribution in [-0.4, -0.2) is 4.98 Å². The van der Waals surface area contributed by atoms with E-state index in [1.807, 2.05) is 0 Å². The van der Waals surface area contributed by atoms with Crippen molar-refractivity contribution in [2.75, 3.05) is 0 Å². The monoisotopic (exact) mass is 222 g/mol. The molecule has 2 aliphatic rings. The van der Waals surface area contributed by atoms with E-state index in [4.69, 9.17) is 0 Å². The largest absolute Gasteiger partial charge is 0.302 e. The molecule has 84 valence electrons. The van der Waals surface area contributed by atoms with Gasteiger partial charge in [0.1, 0.15) is 11.8 Å². The molecule has 0 fully saturated rings. The van der Waals surface area contributed by atoms with Crippen molar-refractivity contribution in [2.45, 2.75) is 26.7 Å². The summed E-state index contributed by atoms with van der Waals surface area (Å²) in [4.78, 5) is 3.50. The fraction of sp³-hybridized carbons (Fsp3) is 0.250. The lowest BCUT2D eigenvalue weighted by Crippen LogP contribution is -1.86. The molecule has 0 amide bonds. The number of hydrogen-bond acceptors (Lipinski definition) is 0. The Bertz CT molecular complexity index is 526. The fourth-order valence-corrected chi connectivity index (χ4v) is 2.37. The third kappa shape index (κ3) is 1.90. The van der Waals surface area contributed by atoms with E-state index in [0.717, 1.165) is 12.8 Å². The second kappa shape index (κ2) is 3.87. The average Bonchev–Trinajstić information content (AvgIpc) is 2.96. The highest BCUT2D eigenvalue weighted by Crippen LogP contribution is 2.31. The Kier molecular flexibility index (Phi) is 2.35. The van der Waals surface area contributed by atoms with Crippen molar-refractivity contribution in [2.24, 2.45) is 0 Å². The van der Waals surface area contributed by atoms with E-state index in [0.29, 0.717) is 0 Å². The first-order valence-corrected chi connectivity index (χ1v) is 6.06. The molecular weight excluding hydrogens is 206 g/mol. The molecular formula is C16H16N+. The molecule has 0 aliphatic heterocycles. The summed E-state index contributed by atoms with van der Waals surface area (Å²) in [6.07, 6.45) is 11.9. The maximum absolute atomic E-state index is 3.50. The minimum absolute atomic E-state index is 1.02. The number of nitrogens with one attached hydrogen (secondary N) is 1. The predicted octanol–water partition coefficient (Wildman–Crippen LogP) is 4.28. The number of aromatic nitrogens is 1. The number of H-pyrrole nitrogens is 1. The van der Waals surface area contributed by atoms with Crippen LogP contribution < -0.4 is 0 Å². The van der Waals surface area contributed by atoms with Gasteiger partial charge in [-0.25, -0.2) is 0 Å². The van der Waals surface area contributed by atoms with Crippen molar-refractivity contribution in [1.29, 1.82) is 0 Å². The highest BCUT2D eigenvalue weighted by molar-refractivity contribution is 5.74. The highest BCUT2D eigenvalue weighted by atomic mass is 14.7. The molecule has 3 rings (SSSR count). The quantitative estimate of drug-likeness (QED) is 0.719. The van der Waals surface area contributed by atoms with Crippen LogP contribution in [0.1, 0.15) is 38.1 Å². The van der Waals surface area contributed by atoms with Gasteiger partial charge in [-0.3, -0.25) is 0 Å². The molecule has 0 aromatic carbocycles. The molecule has 1 aromatic rings. The second-order valence-corrected chi connectivity index (χ2v) is 4.96. The van der Waals surface area contributed by atoms with Crippen LogP contribution in [0.15, 0.2) is 41.5 Å². The summed E-state index contributed by atoms with van der Waals surface area (Å²) < 4.78 is 0. The Morgan fingerprint density at radius 3 is 2.47 bits per heavy atom. The summed E-state index contributed by atoms with van der Waals surface area (Å²) in [6.45, 7) is 4.32. The van der Waals surface area contributed by atoms with Gasteiger partial charge in [-0.2, -0.15) is 0 Å². The molecule has 1 heterocycles. The Labute approximate surface area is 102 Å². The number of hydrogen-bond donors (Lipinski definition) is 1. The third-order valence-electron chi connectivity index (χ3n) is 3.34. The molecule has 0 saturated carbocycles. The third-order valence-corrected chi connectivity index (χ3v) is 3.34. The first-order chi connectivity index (χ1) is 8.22. The van der Waals surface area contributed by atoms with Crippen molar-refractivity contribution in [3.8, 4) is 0 Å². The lowest BCUT2D eigenvalue weighted by molar-refractivity contribution is 1.19. The van der Waals surface area contributed by atoms with Gasteiger partial charge in [0, 0.05) is 24.6 Å². The molecule has 2 aliphatic carbocycles. The van der Waals surface area contributed by atoms with E-state index in [2.05, 4.69) is 55.3 Å². The number of aromatic amines is 1. The van der Waals surface area contributed by atoms with Gasteiger partial charge in [0.15, 0.2) is 5.57 Å². The van der Waals surface area contributed by atoms with Gasteiger partial charge in [0.25, 0.3) is 0 Å². The Morgan fingerprint density at radius 2 is 1.82 bits per heavy atom. The molecule has 0 saturated heterocycles. The summed E-state index contributed by atoms with van der Waals surface area (Å²) in [5.74, 6) is 0. The Balaban J connectivity index is 1.81. The molecule has 0 spiro atoms. The van der Waals surface area contributed by atoms with E-state index < -0.39 is 0 Å². The maximum atomic E-state index is 3.50. The zero-order chi connectivity index (χ0) is 11.8. The molecule has 1 nitrogen and oxygen atoms in total. The summed E-state index contributed by atoms with van der Waals surface area (Å²) in [6, 6.07) is 4.34. The van der Waals surface area contributed by atoms with E-state index in [-0.39, 0.29) is 0 Å². The lowest BCUT2D eigenvalue weighted by Gasteiger charge is -1.98. The van der Waals surface area contributed by atoms with E-state index in [1.165, 1.54) is 33.7 Å². The Morgan fingerprint density at radius 1 is 1.00 bits per heavy atom. The van der Waals surface area contributed by atoms with Crippen molar-refractivity contribution < 1.29 is 0 Å². The van der Waals surface area contributed by atoms with Gasteiger partial charge in [-0.15, -0.1) is 0 Å². The minimum Gasteiger partial charge on any atom is -0.302 e. The zero-order valence-electron chi connectivity index (χ0n) is 10.3. The standard InChI is InChI=1S/C16H16N/c1-11-3-5-13(9-11)15-7-8-16(17-15)14-6-4-12(2)10-14/h3-5,7-8,17H,9-10H2,1-2H3/q+1. The van der Waals surface area contributed by atoms with Gasteiger partial charge in [-0.1, -0.05) is 17.7 Å². The predicted molar refractivity (Wildman–Crippen MR) is 72.2 cm³/mol. The normalized spacial score (nSPS) is 18.5. The van der Waals surface area contributed by atoms with E-state index >= 15 is 0 Å². The topological polar surface area (TPSA) is 15.8 Å². The van der Waals surface area contributed by atoms with Crippen molar-refractivity contribution in [3.05, 3.63) is 59.0 Å². The molecule has 1 N–H and O–H groups in total. The van der Waals surface area contributed by atoms with Crippen LogP contribution in [0.3, 0.4) is 0 Å². The average molecular weight is 222 g/mol. The van der Waals surface area contributed by atoms with Crippen molar-refractivity contribution >= 4 is 11.1 Å². The van der Waals surface area contributed by atoms with E-state index in [9.17, 15) is 0 Å². The van der Waals surface area contributed by atoms with E-state index in [1.54, 1.807) is 0 Å². The molecule has 0 bridgehead atoms. The van der Waals surface area contributed by atoms with Gasteiger partial charge in [0.2, 0.25) is 0 Å². The summed E-state index contributed by atoms with van der Waals surface area (Å²) in [5.41, 5.74) is 7.92. The number of rotatable bonds is 2. The lowest BCUT2D eigenvalue weighted by atomic mass is 10.1. The molecule has 0 radical (unpaired) electrons. The SMILES string of the molecule is CC1=C[C+]=C(c2ccc(C3=CC=C(C)C3)[nH]2)C1. The molecule has 0 atom stereocenters. The maximum Gasteiger partial charge on any atom is 0.155 e. The van der Waals surface area contributed by atoms with Crippen molar-refractivity contribution in [3.63, 3.8) is 0 Å². The first-order valence-electron chi connectivity index (χ1n) is 6.06. The second-order valence-electron chi connectivity index (χ2n) is 4.96. The Hall–Kier alpha value is -1.85. The zero-order valence-corrected chi connectivity index (χ0v) is 10.3. The molecule has 1 heteroatoms. The van der Waals surface area contributed by atoms with Gasteiger partial charge in [-0.05, 0) is 25.0 Å². The fourth-order valence-electron chi connectivity index (χ4n) is 2.37. The van der Waals surface area contributed by atoms with Crippen LogP contribution in [0.4, 0.5) is 0 Å². The van der Waals surface area contributed by atoms with Crippen LogP contribution in [0.25, 0.3) is 11.1 Å². The smallest absolute Gasteiger partial charge is 0.155 e.